The summed E-state index contributed by atoms with van der Waals surface area (Å²) in [7, 11) is 1.30. The zero-order valence-electron chi connectivity index (χ0n) is 7.58. The molecule has 3 nitrogen and oxygen atoms in total. The molecule has 0 fully saturated rings. The molecular weight excluding hydrogens is 202 g/mol. The number of hydrogen-bond acceptors (Lipinski definition) is 3. The van der Waals surface area contributed by atoms with Crippen LogP contribution in [0.2, 0.25) is 5.02 Å². The van der Waals surface area contributed by atoms with Gasteiger partial charge in [0.25, 0.3) is 0 Å². The minimum Gasteiger partial charge on any atom is -0.469 e. The van der Waals surface area contributed by atoms with Gasteiger partial charge in [0.1, 0.15) is 6.07 Å². The summed E-state index contributed by atoms with van der Waals surface area (Å²) < 4.78 is 4.50. The summed E-state index contributed by atoms with van der Waals surface area (Å²) in [4.78, 5) is 11.0. The highest BCUT2D eigenvalue weighted by atomic mass is 35.5. The van der Waals surface area contributed by atoms with E-state index in [2.05, 4.69) is 4.74 Å². The van der Waals surface area contributed by atoms with Gasteiger partial charge in [0.15, 0.2) is 0 Å². The topological polar surface area (TPSA) is 50.1 Å². The summed E-state index contributed by atoms with van der Waals surface area (Å²) >= 11 is 5.78. The molecule has 14 heavy (non-hydrogen) atoms. The van der Waals surface area contributed by atoms with Crippen molar-refractivity contribution in [1.82, 2.24) is 0 Å². The van der Waals surface area contributed by atoms with Gasteiger partial charge in [0.05, 0.1) is 24.1 Å². The van der Waals surface area contributed by atoms with Crippen LogP contribution in [0.1, 0.15) is 11.1 Å². The molecule has 0 atom stereocenters. The molecule has 0 saturated heterocycles. The fourth-order valence-electron chi connectivity index (χ4n) is 1.07. The quantitative estimate of drug-likeness (QED) is 0.700. The van der Waals surface area contributed by atoms with E-state index in [1.54, 1.807) is 18.2 Å². The number of esters is 1. The minimum absolute atomic E-state index is 0.0694. The van der Waals surface area contributed by atoms with Crippen LogP contribution in [-0.2, 0) is 16.0 Å². The molecule has 0 unspecified atom stereocenters. The van der Waals surface area contributed by atoms with Crippen molar-refractivity contribution in [2.45, 2.75) is 6.42 Å². The number of carbonyl (C=O) groups excluding carboxylic acids is 1. The van der Waals surface area contributed by atoms with Crippen molar-refractivity contribution in [1.29, 1.82) is 5.26 Å². The lowest BCUT2D eigenvalue weighted by molar-refractivity contribution is -0.139. The molecule has 0 radical (unpaired) electrons. The second-order valence-electron chi connectivity index (χ2n) is 2.64. The summed E-state index contributed by atoms with van der Waals surface area (Å²) in [6, 6.07) is 6.94. The molecule has 0 aliphatic carbocycles. The Morgan fingerprint density at radius 1 is 1.64 bits per heavy atom. The smallest absolute Gasteiger partial charge is 0.310 e. The molecule has 4 heteroatoms. The van der Waals surface area contributed by atoms with Gasteiger partial charge in [-0.15, -0.1) is 0 Å². The lowest BCUT2D eigenvalue weighted by atomic mass is 10.1. The maximum Gasteiger partial charge on any atom is 0.310 e. The first kappa shape index (κ1) is 10.6. The van der Waals surface area contributed by atoms with Crippen LogP contribution in [0.25, 0.3) is 0 Å². The van der Waals surface area contributed by atoms with E-state index in [0.29, 0.717) is 16.1 Å². The van der Waals surface area contributed by atoms with E-state index in [4.69, 9.17) is 16.9 Å². The Hall–Kier alpha value is -1.53. The highest BCUT2D eigenvalue weighted by molar-refractivity contribution is 6.31. The number of nitrogens with zero attached hydrogens (tertiary/aromatic N) is 1. The maximum absolute atomic E-state index is 11.0. The molecule has 1 aromatic rings. The Kier molecular flexibility index (Phi) is 3.49. The minimum atomic E-state index is -0.385. The van der Waals surface area contributed by atoms with Crippen LogP contribution in [-0.4, -0.2) is 13.1 Å². The number of methoxy groups -OCH3 is 1. The summed E-state index contributed by atoms with van der Waals surface area (Å²) in [5, 5.41) is 9.15. The Balaban J connectivity index is 3.04. The van der Waals surface area contributed by atoms with Gasteiger partial charge in [-0.2, -0.15) is 5.26 Å². The van der Waals surface area contributed by atoms with E-state index in [-0.39, 0.29) is 12.4 Å². The number of benzene rings is 1. The van der Waals surface area contributed by atoms with Crippen molar-refractivity contribution >= 4 is 17.6 Å². The second-order valence-corrected chi connectivity index (χ2v) is 3.05. The molecule has 0 aliphatic heterocycles. The third-order valence-electron chi connectivity index (χ3n) is 1.77. The molecule has 1 rings (SSSR count). The van der Waals surface area contributed by atoms with Crippen LogP contribution >= 0.6 is 11.6 Å². The zero-order valence-corrected chi connectivity index (χ0v) is 8.34. The van der Waals surface area contributed by atoms with E-state index in [1.807, 2.05) is 6.07 Å². The van der Waals surface area contributed by atoms with E-state index in [1.165, 1.54) is 7.11 Å². The van der Waals surface area contributed by atoms with E-state index in [9.17, 15) is 4.79 Å². The molecule has 0 spiro atoms. The van der Waals surface area contributed by atoms with Gasteiger partial charge in [0.2, 0.25) is 0 Å². The van der Waals surface area contributed by atoms with Gasteiger partial charge in [-0.1, -0.05) is 23.7 Å². The van der Waals surface area contributed by atoms with Crippen LogP contribution < -0.4 is 0 Å². The Morgan fingerprint density at radius 2 is 2.36 bits per heavy atom. The molecule has 0 heterocycles. The molecule has 0 saturated carbocycles. The third-order valence-corrected chi connectivity index (χ3v) is 2.09. The fraction of sp³-hybridized carbons (Fsp3) is 0.200. The normalized spacial score (nSPS) is 9.21. The molecule has 72 valence electrons. The van der Waals surface area contributed by atoms with Crippen LogP contribution in [0.15, 0.2) is 18.2 Å². The van der Waals surface area contributed by atoms with Crippen molar-refractivity contribution in [3.05, 3.63) is 34.3 Å². The largest absolute Gasteiger partial charge is 0.469 e. The third kappa shape index (κ3) is 2.24. The zero-order chi connectivity index (χ0) is 10.6. The van der Waals surface area contributed by atoms with Crippen molar-refractivity contribution in [2.24, 2.45) is 0 Å². The summed E-state index contributed by atoms with van der Waals surface area (Å²) in [6.45, 7) is 0. The molecule has 0 N–H and O–H groups in total. The SMILES string of the molecule is COC(=O)Cc1cccc(Cl)c1C#N. The molecule has 0 aromatic heterocycles. The molecule has 0 amide bonds. The van der Waals surface area contributed by atoms with Crippen LogP contribution in [0.5, 0.6) is 0 Å². The van der Waals surface area contributed by atoms with Gasteiger partial charge < -0.3 is 4.74 Å². The number of halogens is 1. The van der Waals surface area contributed by atoms with Crippen molar-refractivity contribution in [3.8, 4) is 6.07 Å². The van der Waals surface area contributed by atoms with Gasteiger partial charge in [-0.3, -0.25) is 4.79 Å². The summed E-state index contributed by atoms with van der Waals surface area (Å²) in [5.74, 6) is -0.385. The first-order valence-corrected chi connectivity index (χ1v) is 4.31. The number of ether oxygens (including phenoxy) is 1. The molecule has 0 aliphatic rings. The number of nitriles is 1. The summed E-state index contributed by atoms with van der Waals surface area (Å²) in [6.07, 6.45) is 0.0694. The van der Waals surface area contributed by atoms with Crippen LogP contribution in [0.3, 0.4) is 0 Å². The van der Waals surface area contributed by atoms with E-state index < -0.39 is 0 Å². The Labute approximate surface area is 86.9 Å². The van der Waals surface area contributed by atoms with Gasteiger partial charge in [-0.05, 0) is 11.6 Å². The number of carbonyl (C=O) groups is 1. The van der Waals surface area contributed by atoms with Crippen LogP contribution in [0, 0.1) is 11.3 Å². The number of hydrogen-bond donors (Lipinski definition) is 0. The fourth-order valence-corrected chi connectivity index (χ4v) is 1.31. The van der Waals surface area contributed by atoms with E-state index >= 15 is 0 Å². The number of rotatable bonds is 2. The average Bonchev–Trinajstić information content (AvgIpc) is 2.18. The average molecular weight is 210 g/mol. The monoisotopic (exact) mass is 209 g/mol. The highest BCUT2D eigenvalue weighted by Gasteiger charge is 2.10. The molecule has 0 bridgehead atoms. The lowest BCUT2D eigenvalue weighted by Gasteiger charge is -2.03. The Bertz CT molecular complexity index is 396. The standard InChI is InChI=1S/C10H8ClNO2/c1-14-10(13)5-7-3-2-4-9(11)8(7)6-12/h2-4H,5H2,1H3. The first-order chi connectivity index (χ1) is 6.69. The molecular formula is C10H8ClNO2. The van der Waals surface area contributed by atoms with Crippen molar-refractivity contribution < 1.29 is 9.53 Å². The van der Waals surface area contributed by atoms with E-state index in [0.717, 1.165) is 0 Å². The van der Waals surface area contributed by atoms with Gasteiger partial charge >= 0.3 is 5.97 Å². The van der Waals surface area contributed by atoms with Crippen molar-refractivity contribution in [3.63, 3.8) is 0 Å². The Morgan fingerprint density at radius 3 is 2.93 bits per heavy atom. The second kappa shape index (κ2) is 4.64. The predicted octanol–water partition coefficient (Wildman–Crippen LogP) is 1.93. The van der Waals surface area contributed by atoms with Crippen molar-refractivity contribution in [2.75, 3.05) is 7.11 Å². The highest BCUT2D eigenvalue weighted by Crippen LogP contribution is 2.19. The van der Waals surface area contributed by atoms with Gasteiger partial charge in [-0.25, -0.2) is 0 Å². The lowest BCUT2D eigenvalue weighted by Crippen LogP contribution is -2.06. The summed E-state index contributed by atoms with van der Waals surface area (Å²) in [5.41, 5.74) is 0.923. The maximum atomic E-state index is 11.0. The van der Waals surface area contributed by atoms with Gasteiger partial charge in [0, 0.05) is 0 Å². The first-order valence-electron chi connectivity index (χ1n) is 3.93. The predicted molar refractivity (Wildman–Crippen MR) is 51.9 cm³/mol. The molecule has 1 aromatic carbocycles. The van der Waals surface area contributed by atoms with Crippen LogP contribution in [0.4, 0.5) is 0 Å².